The molecular formula is C12H19N3O. The lowest BCUT2D eigenvalue weighted by Crippen LogP contribution is -2.44. The number of aromatic nitrogens is 1. The highest BCUT2D eigenvalue weighted by atomic mass is 16.1. The molecule has 0 fully saturated rings. The molecule has 1 amide bonds. The lowest BCUT2D eigenvalue weighted by molar-refractivity contribution is -0.121. The second-order valence-electron chi connectivity index (χ2n) is 4.15. The first kappa shape index (κ1) is 12.6. The molecule has 0 saturated carbocycles. The van der Waals surface area contributed by atoms with Gasteiger partial charge in [0.2, 0.25) is 5.91 Å². The molecule has 0 aliphatic carbocycles. The summed E-state index contributed by atoms with van der Waals surface area (Å²) in [4.78, 5) is 15.8. The fourth-order valence-electron chi connectivity index (χ4n) is 1.42. The summed E-state index contributed by atoms with van der Waals surface area (Å²) in [6.45, 7) is 4.54. The van der Waals surface area contributed by atoms with Gasteiger partial charge in [0, 0.05) is 24.5 Å². The van der Waals surface area contributed by atoms with E-state index in [4.69, 9.17) is 5.73 Å². The van der Waals surface area contributed by atoms with E-state index in [1.165, 1.54) is 0 Å². The topological polar surface area (TPSA) is 68.0 Å². The highest BCUT2D eigenvalue weighted by molar-refractivity contribution is 5.78. The van der Waals surface area contributed by atoms with Crippen molar-refractivity contribution < 1.29 is 4.79 Å². The molecule has 1 aromatic heterocycles. The number of amides is 1. The van der Waals surface area contributed by atoms with Crippen LogP contribution in [-0.2, 0) is 11.2 Å². The molecule has 1 aromatic rings. The molecule has 0 bridgehead atoms. The summed E-state index contributed by atoms with van der Waals surface area (Å²) >= 11 is 0. The number of nitrogens with one attached hydrogen (secondary N) is 1. The van der Waals surface area contributed by atoms with Crippen LogP contribution in [0.1, 0.15) is 19.5 Å². The van der Waals surface area contributed by atoms with Crippen molar-refractivity contribution in [2.24, 2.45) is 11.7 Å². The first-order valence-corrected chi connectivity index (χ1v) is 5.52. The first-order valence-electron chi connectivity index (χ1n) is 5.52. The van der Waals surface area contributed by atoms with Crippen LogP contribution in [-0.4, -0.2) is 23.5 Å². The first-order chi connectivity index (χ1) is 7.63. The Balaban J connectivity index is 2.47. The molecule has 0 aromatic carbocycles. The summed E-state index contributed by atoms with van der Waals surface area (Å²) in [5.41, 5.74) is 6.36. The molecule has 88 valence electrons. The van der Waals surface area contributed by atoms with Gasteiger partial charge >= 0.3 is 0 Å². The minimum Gasteiger partial charge on any atom is -0.352 e. The van der Waals surface area contributed by atoms with E-state index in [2.05, 4.69) is 10.3 Å². The Morgan fingerprint density at radius 2 is 2.25 bits per heavy atom. The van der Waals surface area contributed by atoms with Gasteiger partial charge in [-0.25, -0.2) is 0 Å². The smallest absolute Gasteiger partial charge is 0.226 e. The van der Waals surface area contributed by atoms with Crippen LogP contribution >= 0.6 is 0 Å². The van der Waals surface area contributed by atoms with Gasteiger partial charge in [0.05, 0.1) is 6.42 Å². The molecular weight excluding hydrogens is 202 g/mol. The predicted molar refractivity (Wildman–Crippen MR) is 63.8 cm³/mol. The van der Waals surface area contributed by atoms with E-state index in [-0.39, 0.29) is 11.9 Å². The highest BCUT2D eigenvalue weighted by Gasteiger charge is 2.14. The normalized spacial score (nSPS) is 12.5. The maximum Gasteiger partial charge on any atom is 0.226 e. The van der Waals surface area contributed by atoms with Gasteiger partial charge in [0.25, 0.3) is 0 Å². The van der Waals surface area contributed by atoms with Crippen LogP contribution in [0, 0.1) is 5.92 Å². The van der Waals surface area contributed by atoms with Gasteiger partial charge in [0.15, 0.2) is 0 Å². The van der Waals surface area contributed by atoms with Gasteiger partial charge < -0.3 is 11.1 Å². The predicted octanol–water partition coefficient (Wildman–Crippen LogP) is 0.724. The SMILES string of the molecule is CC(C)C(CN)NC(=O)Cc1ccccn1. The van der Waals surface area contributed by atoms with Crippen LogP contribution in [0.2, 0.25) is 0 Å². The summed E-state index contributed by atoms with van der Waals surface area (Å²) in [6.07, 6.45) is 2.00. The number of pyridine rings is 1. The van der Waals surface area contributed by atoms with Crippen molar-refractivity contribution in [1.82, 2.24) is 10.3 Å². The number of nitrogens with zero attached hydrogens (tertiary/aromatic N) is 1. The molecule has 1 atom stereocenters. The Kier molecular flexibility index (Phi) is 4.92. The molecule has 1 rings (SSSR count). The third-order valence-corrected chi connectivity index (χ3v) is 2.47. The van der Waals surface area contributed by atoms with Crippen LogP contribution in [0.15, 0.2) is 24.4 Å². The molecule has 16 heavy (non-hydrogen) atoms. The standard InChI is InChI=1S/C12H19N3O/c1-9(2)11(8-13)15-12(16)7-10-5-3-4-6-14-10/h3-6,9,11H,7-8,13H2,1-2H3,(H,15,16). The summed E-state index contributed by atoms with van der Waals surface area (Å²) in [5.74, 6) is 0.320. The second-order valence-corrected chi connectivity index (χ2v) is 4.15. The van der Waals surface area contributed by atoms with Crippen molar-refractivity contribution in [3.8, 4) is 0 Å². The van der Waals surface area contributed by atoms with E-state index in [1.54, 1.807) is 6.20 Å². The fourth-order valence-corrected chi connectivity index (χ4v) is 1.42. The van der Waals surface area contributed by atoms with Crippen LogP contribution < -0.4 is 11.1 Å². The van der Waals surface area contributed by atoms with Crippen molar-refractivity contribution in [2.45, 2.75) is 26.3 Å². The second kappa shape index (κ2) is 6.23. The maximum absolute atomic E-state index is 11.7. The molecule has 3 N–H and O–H groups in total. The third kappa shape index (κ3) is 3.98. The Labute approximate surface area is 96.3 Å². The van der Waals surface area contributed by atoms with E-state index < -0.39 is 0 Å². The van der Waals surface area contributed by atoms with Gasteiger partial charge in [-0.2, -0.15) is 0 Å². The number of carbonyl (C=O) groups excluding carboxylic acids is 1. The van der Waals surface area contributed by atoms with Crippen LogP contribution in [0.25, 0.3) is 0 Å². The monoisotopic (exact) mass is 221 g/mol. The Morgan fingerprint density at radius 3 is 2.75 bits per heavy atom. The highest BCUT2D eigenvalue weighted by Crippen LogP contribution is 2.01. The molecule has 4 nitrogen and oxygen atoms in total. The number of rotatable bonds is 5. The molecule has 0 radical (unpaired) electrons. The average Bonchev–Trinajstić information content (AvgIpc) is 2.27. The van der Waals surface area contributed by atoms with Gasteiger partial charge in [0.1, 0.15) is 0 Å². The molecule has 4 heteroatoms. The van der Waals surface area contributed by atoms with E-state index in [0.717, 1.165) is 5.69 Å². The zero-order valence-electron chi connectivity index (χ0n) is 9.81. The Morgan fingerprint density at radius 1 is 1.50 bits per heavy atom. The Bertz CT molecular complexity index is 324. The number of nitrogens with two attached hydrogens (primary N) is 1. The number of carbonyl (C=O) groups is 1. The number of hydrogen-bond acceptors (Lipinski definition) is 3. The van der Waals surface area contributed by atoms with E-state index in [9.17, 15) is 4.79 Å². The average molecular weight is 221 g/mol. The molecule has 0 saturated heterocycles. The maximum atomic E-state index is 11.7. The Hall–Kier alpha value is -1.42. The van der Waals surface area contributed by atoms with Crippen molar-refractivity contribution in [3.63, 3.8) is 0 Å². The minimum atomic E-state index is -0.0251. The van der Waals surface area contributed by atoms with Gasteiger partial charge in [-0.1, -0.05) is 19.9 Å². The largest absolute Gasteiger partial charge is 0.352 e. The van der Waals surface area contributed by atoms with E-state index in [1.807, 2.05) is 32.0 Å². The minimum absolute atomic E-state index is 0.0251. The molecule has 1 heterocycles. The summed E-state index contributed by atoms with van der Waals surface area (Å²) in [7, 11) is 0. The van der Waals surface area contributed by atoms with E-state index >= 15 is 0 Å². The zero-order valence-corrected chi connectivity index (χ0v) is 9.81. The van der Waals surface area contributed by atoms with Crippen LogP contribution in [0.5, 0.6) is 0 Å². The van der Waals surface area contributed by atoms with E-state index in [0.29, 0.717) is 18.9 Å². The lowest BCUT2D eigenvalue weighted by Gasteiger charge is -2.20. The summed E-state index contributed by atoms with van der Waals surface area (Å²) in [5, 5.41) is 2.91. The van der Waals surface area contributed by atoms with Crippen molar-refractivity contribution in [3.05, 3.63) is 30.1 Å². The lowest BCUT2D eigenvalue weighted by atomic mass is 10.0. The fraction of sp³-hybridized carbons (Fsp3) is 0.500. The zero-order chi connectivity index (χ0) is 12.0. The van der Waals surface area contributed by atoms with Crippen LogP contribution in [0.3, 0.4) is 0 Å². The summed E-state index contributed by atoms with van der Waals surface area (Å²) in [6, 6.07) is 5.58. The summed E-state index contributed by atoms with van der Waals surface area (Å²) < 4.78 is 0. The molecule has 1 unspecified atom stereocenters. The molecule has 0 spiro atoms. The van der Waals surface area contributed by atoms with Gasteiger partial charge in [-0.3, -0.25) is 9.78 Å². The number of hydrogen-bond donors (Lipinski definition) is 2. The van der Waals surface area contributed by atoms with Crippen molar-refractivity contribution in [2.75, 3.05) is 6.54 Å². The third-order valence-electron chi connectivity index (χ3n) is 2.47. The van der Waals surface area contributed by atoms with Gasteiger partial charge in [-0.05, 0) is 18.1 Å². The quantitative estimate of drug-likeness (QED) is 0.770. The van der Waals surface area contributed by atoms with Crippen LogP contribution in [0.4, 0.5) is 0 Å². The molecule has 0 aliphatic rings. The van der Waals surface area contributed by atoms with Gasteiger partial charge in [-0.15, -0.1) is 0 Å². The molecule has 0 aliphatic heterocycles. The van der Waals surface area contributed by atoms with Crippen molar-refractivity contribution in [1.29, 1.82) is 0 Å². The van der Waals surface area contributed by atoms with Crippen molar-refractivity contribution >= 4 is 5.91 Å².